The van der Waals surface area contributed by atoms with Gasteiger partial charge in [0.05, 0.1) is 5.69 Å². The number of fused-ring (bicyclic) bond motifs is 1. The molecule has 2 atom stereocenters. The van der Waals surface area contributed by atoms with Crippen LogP contribution in [0.4, 0.5) is 5.13 Å². The Morgan fingerprint density at radius 1 is 1.41 bits per heavy atom. The van der Waals surface area contributed by atoms with Crippen molar-refractivity contribution in [3.05, 3.63) is 10.6 Å². The highest BCUT2D eigenvalue weighted by atomic mass is 32.1. The SMILES string of the molecule is CC(C)C(C)N(C)c1nc2c(s1)C(N)CCC2. The first-order valence-electron chi connectivity index (χ1n) is 6.48. The first-order chi connectivity index (χ1) is 8.00. The summed E-state index contributed by atoms with van der Waals surface area (Å²) in [5, 5.41) is 1.13. The molecule has 1 aromatic heterocycles. The van der Waals surface area contributed by atoms with E-state index in [0.29, 0.717) is 12.0 Å². The molecule has 1 aromatic rings. The van der Waals surface area contributed by atoms with Crippen LogP contribution < -0.4 is 10.6 Å². The molecule has 2 rings (SSSR count). The molecule has 0 aromatic carbocycles. The fraction of sp³-hybridized carbons (Fsp3) is 0.769. The van der Waals surface area contributed by atoms with Crippen LogP contribution in [0.2, 0.25) is 0 Å². The lowest BCUT2D eigenvalue weighted by molar-refractivity contribution is 0.504. The molecule has 3 nitrogen and oxygen atoms in total. The smallest absolute Gasteiger partial charge is 0.185 e. The summed E-state index contributed by atoms with van der Waals surface area (Å²) in [6.07, 6.45) is 3.39. The fourth-order valence-electron chi connectivity index (χ4n) is 2.21. The Kier molecular flexibility index (Phi) is 3.73. The second-order valence-corrected chi connectivity index (χ2v) is 6.41. The zero-order valence-electron chi connectivity index (χ0n) is 11.2. The number of thiazole rings is 1. The van der Waals surface area contributed by atoms with Gasteiger partial charge < -0.3 is 10.6 Å². The average Bonchev–Trinajstić information content (AvgIpc) is 2.72. The number of nitrogens with two attached hydrogens (primary N) is 1. The highest BCUT2D eigenvalue weighted by molar-refractivity contribution is 7.15. The molecule has 0 saturated carbocycles. The summed E-state index contributed by atoms with van der Waals surface area (Å²) in [5.74, 6) is 0.634. The maximum atomic E-state index is 6.15. The van der Waals surface area contributed by atoms with Gasteiger partial charge in [-0.25, -0.2) is 4.98 Å². The minimum atomic E-state index is 0.216. The van der Waals surface area contributed by atoms with Crippen molar-refractivity contribution >= 4 is 16.5 Å². The van der Waals surface area contributed by atoms with Crippen LogP contribution in [0.1, 0.15) is 50.2 Å². The van der Waals surface area contributed by atoms with E-state index in [2.05, 4.69) is 32.7 Å². The Labute approximate surface area is 108 Å². The predicted molar refractivity (Wildman–Crippen MR) is 74.7 cm³/mol. The summed E-state index contributed by atoms with van der Waals surface area (Å²) in [6, 6.07) is 0.728. The van der Waals surface area contributed by atoms with Crippen molar-refractivity contribution in [1.29, 1.82) is 0 Å². The van der Waals surface area contributed by atoms with Crippen molar-refractivity contribution in [1.82, 2.24) is 4.98 Å². The van der Waals surface area contributed by atoms with Gasteiger partial charge in [0.1, 0.15) is 0 Å². The Hall–Kier alpha value is -0.610. The van der Waals surface area contributed by atoms with Crippen molar-refractivity contribution in [2.24, 2.45) is 11.7 Å². The van der Waals surface area contributed by atoms with E-state index in [4.69, 9.17) is 10.7 Å². The molecule has 1 heterocycles. The molecule has 4 heteroatoms. The van der Waals surface area contributed by atoms with Crippen LogP contribution >= 0.6 is 11.3 Å². The number of hydrogen-bond acceptors (Lipinski definition) is 4. The Morgan fingerprint density at radius 3 is 2.71 bits per heavy atom. The molecule has 0 spiro atoms. The van der Waals surface area contributed by atoms with E-state index >= 15 is 0 Å². The van der Waals surface area contributed by atoms with E-state index in [-0.39, 0.29) is 6.04 Å². The standard InChI is InChI=1S/C13H23N3S/c1-8(2)9(3)16(4)13-15-11-7-5-6-10(14)12(11)17-13/h8-10H,5-7,14H2,1-4H3. The van der Waals surface area contributed by atoms with E-state index in [1.807, 2.05) is 0 Å². The molecule has 0 radical (unpaired) electrons. The first-order valence-corrected chi connectivity index (χ1v) is 7.30. The van der Waals surface area contributed by atoms with Crippen LogP contribution in [0, 0.1) is 5.92 Å². The molecule has 96 valence electrons. The summed E-state index contributed by atoms with van der Waals surface area (Å²) < 4.78 is 0. The van der Waals surface area contributed by atoms with Gasteiger partial charge in [-0.05, 0) is 32.1 Å². The molecule has 2 unspecified atom stereocenters. The van der Waals surface area contributed by atoms with Crippen molar-refractivity contribution in [3.8, 4) is 0 Å². The lowest BCUT2D eigenvalue weighted by Crippen LogP contribution is -2.33. The molecule has 0 aliphatic heterocycles. The molecule has 2 N–H and O–H groups in total. The zero-order chi connectivity index (χ0) is 12.6. The topological polar surface area (TPSA) is 42.2 Å². The molecular formula is C13H23N3S. The maximum absolute atomic E-state index is 6.15. The molecular weight excluding hydrogens is 230 g/mol. The fourth-order valence-corrected chi connectivity index (χ4v) is 3.41. The van der Waals surface area contributed by atoms with Crippen LogP contribution in [0.5, 0.6) is 0 Å². The van der Waals surface area contributed by atoms with Crippen LogP contribution in [0.25, 0.3) is 0 Å². The molecule has 0 saturated heterocycles. The zero-order valence-corrected chi connectivity index (χ0v) is 12.0. The van der Waals surface area contributed by atoms with E-state index < -0.39 is 0 Å². The molecule has 1 aliphatic carbocycles. The minimum absolute atomic E-state index is 0.216. The molecule has 0 bridgehead atoms. The lowest BCUT2D eigenvalue weighted by Gasteiger charge is -2.27. The van der Waals surface area contributed by atoms with Gasteiger partial charge in [0.25, 0.3) is 0 Å². The third-order valence-electron chi connectivity index (χ3n) is 3.86. The number of rotatable bonds is 3. The number of hydrogen-bond donors (Lipinski definition) is 1. The quantitative estimate of drug-likeness (QED) is 0.900. The normalized spacial score (nSPS) is 21.4. The second kappa shape index (κ2) is 4.94. The Bertz CT molecular complexity index is 386. The lowest BCUT2D eigenvalue weighted by atomic mass is 9.99. The molecule has 0 amide bonds. The summed E-state index contributed by atoms with van der Waals surface area (Å²) >= 11 is 1.79. The predicted octanol–water partition coefficient (Wildman–Crippen LogP) is 2.96. The van der Waals surface area contributed by atoms with Crippen molar-refractivity contribution in [2.45, 2.75) is 52.1 Å². The third kappa shape index (κ3) is 2.47. The van der Waals surface area contributed by atoms with Gasteiger partial charge in [0.15, 0.2) is 5.13 Å². The van der Waals surface area contributed by atoms with Crippen molar-refractivity contribution in [2.75, 3.05) is 11.9 Å². The highest BCUT2D eigenvalue weighted by Crippen LogP contribution is 2.36. The number of nitrogens with zero attached hydrogens (tertiary/aromatic N) is 2. The summed E-state index contributed by atoms with van der Waals surface area (Å²) in [5.41, 5.74) is 7.39. The van der Waals surface area contributed by atoms with Gasteiger partial charge in [-0.3, -0.25) is 0 Å². The van der Waals surface area contributed by atoms with Gasteiger partial charge in [-0.15, -0.1) is 0 Å². The summed E-state index contributed by atoms with van der Waals surface area (Å²) in [6.45, 7) is 6.76. The molecule has 17 heavy (non-hydrogen) atoms. The van der Waals surface area contributed by atoms with E-state index in [0.717, 1.165) is 18.0 Å². The van der Waals surface area contributed by atoms with Gasteiger partial charge in [-0.1, -0.05) is 25.2 Å². The van der Waals surface area contributed by atoms with E-state index in [1.165, 1.54) is 17.0 Å². The summed E-state index contributed by atoms with van der Waals surface area (Å²) in [7, 11) is 2.14. The first kappa shape index (κ1) is 12.8. The third-order valence-corrected chi connectivity index (χ3v) is 5.18. The Morgan fingerprint density at radius 2 is 2.12 bits per heavy atom. The monoisotopic (exact) mass is 253 g/mol. The molecule has 0 fully saturated rings. The summed E-state index contributed by atoms with van der Waals surface area (Å²) in [4.78, 5) is 8.38. The van der Waals surface area contributed by atoms with Crippen LogP contribution in [0.15, 0.2) is 0 Å². The average molecular weight is 253 g/mol. The Balaban J connectivity index is 2.23. The largest absolute Gasteiger partial charge is 0.348 e. The van der Waals surface area contributed by atoms with Gasteiger partial charge >= 0.3 is 0 Å². The number of aryl methyl sites for hydroxylation is 1. The van der Waals surface area contributed by atoms with Gasteiger partial charge in [0, 0.05) is 24.0 Å². The van der Waals surface area contributed by atoms with Crippen LogP contribution in [-0.4, -0.2) is 18.1 Å². The number of anilines is 1. The van der Waals surface area contributed by atoms with Crippen molar-refractivity contribution < 1.29 is 0 Å². The van der Waals surface area contributed by atoms with Crippen LogP contribution in [-0.2, 0) is 6.42 Å². The minimum Gasteiger partial charge on any atom is -0.348 e. The number of aromatic nitrogens is 1. The van der Waals surface area contributed by atoms with Gasteiger partial charge in [0.2, 0.25) is 0 Å². The van der Waals surface area contributed by atoms with E-state index in [1.54, 1.807) is 11.3 Å². The van der Waals surface area contributed by atoms with Gasteiger partial charge in [-0.2, -0.15) is 0 Å². The second-order valence-electron chi connectivity index (χ2n) is 5.40. The van der Waals surface area contributed by atoms with E-state index in [9.17, 15) is 0 Å². The van der Waals surface area contributed by atoms with Crippen molar-refractivity contribution in [3.63, 3.8) is 0 Å². The highest BCUT2D eigenvalue weighted by Gasteiger charge is 2.24. The van der Waals surface area contributed by atoms with Crippen LogP contribution in [0.3, 0.4) is 0 Å². The maximum Gasteiger partial charge on any atom is 0.185 e. The molecule has 1 aliphatic rings.